The highest BCUT2D eigenvalue weighted by Gasteiger charge is 2.26. The van der Waals surface area contributed by atoms with E-state index in [9.17, 15) is 9.67 Å². The van der Waals surface area contributed by atoms with Crippen LogP contribution in [0, 0.1) is 0 Å². The largest absolute Gasteiger partial charge is 0.504 e. The average molecular weight is 432 g/mol. The molecule has 0 radical (unpaired) electrons. The first kappa shape index (κ1) is 20.5. The Balaban J connectivity index is 1.65. The van der Waals surface area contributed by atoms with Crippen LogP contribution in [0.3, 0.4) is 0 Å². The molecule has 0 saturated heterocycles. The lowest BCUT2D eigenvalue weighted by Gasteiger charge is -2.22. The van der Waals surface area contributed by atoms with Crippen molar-refractivity contribution in [3.63, 3.8) is 0 Å². The monoisotopic (exact) mass is 432 g/mol. The van der Waals surface area contributed by atoms with Gasteiger partial charge in [-0.25, -0.2) is 0 Å². The maximum Gasteiger partial charge on any atom is 0.235 e. The summed E-state index contributed by atoms with van der Waals surface area (Å²) in [6.07, 6.45) is 1.52. The van der Waals surface area contributed by atoms with Gasteiger partial charge >= 0.3 is 0 Å². The number of hydrogen-bond acceptors (Lipinski definition) is 5. The van der Waals surface area contributed by atoms with Gasteiger partial charge in [0.05, 0.1) is 13.3 Å². The Hall–Kier alpha value is -3.76. The minimum absolute atomic E-state index is 0.0377. The van der Waals surface area contributed by atoms with Crippen LogP contribution in [0.5, 0.6) is 11.5 Å². The highest BCUT2D eigenvalue weighted by atomic mass is 31.2. The van der Waals surface area contributed by atoms with Gasteiger partial charge in [-0.2, -0.15) is 5.10 Å². The third-order valence-corrected chi connectivity index (χ3v) is 6.25. The molecule has 3 aromatic rings. The van der Waals surface area contributed by atoms with Crippen LogP contribution in [0.2, 0.25) is 0 Å². The number of aromatic hydroxyl groups is 1. The van der Waals surface area contributed by atoms with Gasteiger partial charge in [-0.15, -0.1) is 0 Å². The van der Waals surface area contributed by atoms with E-state index in [2.05, 4.69) is 10.3 Å². The number of phenolic OH excluding ortho intramolecular Hbond substituents is 1. The van der Waals surface area contributed by atoms with Crippen LogP contribution in [0.15, 0.2) is 95.6 Å². The fourth-order valence-corrected chi connectivity index (χ4v) is 4.58. The summed E-state index contributed by atoms with van der Waals surface area (Å²) in [5, 5.41) is 16.7. The van der Waals surface area contributed by atoms with Gasteiger partial charge < -0.3 is 14.6 Å². The predicted octanol–water partition coefficient (Wildman–Crippen LogP) is 5.63. The van der Waals surface area contributed by atoms with Crippen molar-refractivity contribution in [2.75, 3.05) is 7.11 Å². The Morgan fingerprint density at radius 2 is 1.52 bits per heavy atom. The van der Waals surface area contributed by atoms with Crippen molar-refractivity contribution in [2.45, 2.75) is 0 Å². The van der Waals surface area contributed by atoms with Crippen molar-refractivity contribution in [1.29, 1.82) is 0 Å². The fourth-order valence-electron chi connectivity index (χ4n) is 3.05. The first-order chi connectivity index (χ1) is 15.1. The second kappa shape index (κ2) is 8.94. The van der Waals surface area contributed by atoms with E-state index in [0.717, 1.165) is 11.1 Å². The Labute approximate surface area is 180 Å². The van der Waals surface area contributed by atoms with Gasteiger partial charge in [-0.05, 0) is 23.8 Å². The SMILES string of the molecule is COc1cc(/C=N\NP2(=O)C=C(c3ccccc3)OC(c3ccccc3)=C2)ccc1O. The molecule has 1 heterocycles. The van der Waals surface area contributed by atoms with E-state index < -0.39 is 7.29 Å². The zero-order valence-electron chi connectivity index (χ0n) is 16.8. The molecule has 0 unspecified atom stereocenters. The molecule has 6 nitrogen and oxygen atoms in total. The Morgan fingerprint density at radius 1 is 0.935 bits per heavy atom. The summed E-state index contributed by atoms with van der Waals surface area (Å²) in [6.45, 7) is 0. The lowest BCUT2D eigenvalue weighted by molar-refractivity contribution is 0.373. The van der Waals surface area contributed by atoms with E-state index in [1.807, 2.05) is 60.7 Å². The maximum absolute atomic E-state index is 13.6. The van der Waals surface area contributed by atoms with E-state index in [1.165, 1.54) is 19.4 Å². The summed E-state index contributed by atoms with van der Waals surface area (Å²) in [4.78, 5) is 0. The molecule has 0 atom stereocenters. The van der Waals surface area contributed by atoms with Crippen molar-refractivity contribution in [3.8, 4) is 11.5 Å². The third kappa shape index (κ3) is 4.87. The molecule has 156 valence electrons. The summed E-state index contributed by atoms with van der Waals surface area (Å²) >= 11 is 0. The van der Waals surface area contributed by atoms with Gasteiger partial charge in [-0.3, -0.25) is 9.76 Å². The number of methoxy groups -OCH3 is 1. The highest BCUT2D eigenvalue weighted by molar-refractivity contribution is 7.68. The van der Waals surface area contributed by atoms with Crippen molar-refractivity contribution >= 4 is 25.0 Å². The van der Waals surface area contributed by atoms with Crippen LogP contribution >= 0.6 is 7.29 Å². The number of benzene rings is 3. The number of phenols is 1. The molecule has 0 spiro atoms. The zero-order valence-corrected chi connectivity index (χ0v) is 17.7. The summed E-state index contributed by atoms with van der Waals surface area (Å²) in [6, 6.07) is 23.8. The first-order valence-electron chi connectivity index (χ1n) is 9.57. The number of nitrogens with one attached hydrogen (secondary N) is 1. The Morgan fingerprint density at radius 3 is 2.06 bits per heavy atom. The molecule has 2 N–H and O–H groups in total. The van der Waals surface area contributed by atoms with Crippen LogP contribution in [-0.4, -0.2) is 18.4 Å². The normalized spacial score (nSPS) is 15.0. The van der Waals surface area contributed by atoms with Gasteiger partial charge in [0, 0.05) is 22.8 Å². The van der Waals surface area contributed by atoms with Crippen LogP contribution in [0.1, 0.15) is 16.7 Å². The number of ether oxygens (including phenoxy) is 2. The molecule has 0 aliphatic carbocycles. The minimum atomic E-state index is -3.20. The molecule has 1 aliphatic heterocycles. The molecule has 0 saturated carbocycles. The molecule has 1 aliphatic rings. The van der Waals surface area contributed by atoms with E-state index >= 15 is 0 Å². The average Bonchev–Trinajstić information content (AvgIpc) is 2.81. The quantitative estimate of drug-likeness (QED) is 0.300. The van der Waals surface area contributed by atoms with Crippen LogP contribution in [-0.2, 0) is 9.30 Å². The molecule has 7 heteroatoms. The van der Waals surface area contributed by atoms with Crippen LogP contribution in [0.4, 0.5) is 0 Å². The lowest BCUT2D eigenvalue weighted by Crippen LogP contribution is -2.06. The Kier molecular flexibility index (Phi) is 5.92. The van der Waals surface area contributed by atoms with Crippen molar-refractivity contribution in [2.24, 2.45) is 5.10 Å². The van der Waals surface area contributed by atoms with Gasteiger partial charge in [0.1, 0.15) is 11.5 Å². The molecule has 0 fully saturated rings. The fraction of sp³-hybridized carbons (Fsp3) is 0.0417. The van der Waals surface area contributed by atoms with Crippen LogP contribution < -0.4 is 9.93 Å². The van der Waals surface area contributed by atoms with Gasteiger partial charge in [0.15, 0.2) is 11.5 Å². The molecule has 0 aromatic heterocycles. The number of hydrogen-bond donors (Lipinski definition) is 2. The molecule has 3 aromatic carbocycles. The first-order valence-corrected chi connectivity index (χ1v) is 11.4. The van der Waals surface area contributed by atoms with E-state index in [-0.39, 0.29) is 5.75 Å². The molecular weight excluding hydrogens is 411 g/mol. The molecule has 4 rings (SSSR count). The summed E-state index contributed by atoms with van der Waals surface area (Å²) < 4.78 is 24.8. The van der Waals surface area contributed by atoms with Gasteiger partial charge in [-0.1, -0.05) is 60.7 Å². The smallest absolute Gasteiger partial charge is 0.235 e. The molecule has 0 bridgehead atoms. The van der Waals surface area contributed by atoms with E-state index in [4.69, 9.17) is 9.47 Å². The predicted molar refractivity (Wildman–Crippen MR) is 123 cm³/mol. The molecule has 0 amide bonds. The number of rotatable bonds is 6. The van der Waals surface area contributed by atoms with Crippen molar-refractivity contribution in [3.05, 3.63) is 107 Å². The second-order valence-corrected chi connectivity index (χ2v) is 8.95. The minimum Gasteiger partial charge on any atom is -0.504 e. The summed E-state index contributed by atoms with van der Waals surface area (Å²) in [5.74, 6) is 4.51. The standard InChI is InChI=1S/C24H21N2O4P/c1-29-22-14-18(12-13-21(22)27)15-25-26-31(28)16-23(19-8-4-2-5-9-19)30-24(17-31)20-10-6-3-7-11-20/h2-17,27H,1H3,(H,26,28)/b25-15-. The highest BCUT2D eigenvalue weighted by Crippen LogP contribution is 2.53. The topological polar surface area (TPSA) is 80.2 Å². The van der Waals surface area contributed by atoms with Crippen molar-refractivity contribution in [1.82, 2.24) is 5.20 Å². The molecular formula is C24H21N2O4P. The van der Waals surface area contributed by atoms with E-state index in [1.54, 1.807) is 23.8 Å². The number of nitrogens with zero attached hydrogens (tertiary/aromatic N) is 1. The maximum atomic E-state index is 13.6. The second-order valence-electron chi connectivity index (χ2n) is 6.82. The third-order valence-electron chi connectivity index (χ3n) is 4.59. The van der Waals surface area contributed by atoms with Gasteiger partial charge in [0.25, 0.3) is 0 Å². The van der Waals surface area contributed by atoms with Crippen molar-refractivity contribution < 1.29 is 19.1 Å². The van der Waals surface area contributed by atoms with E-state index in [0.29, 0.717) is 22.8 Å². The number of hydrazone groups is 1. The lowest BCUT2D eigenvalue weighted by atomic mass is 10.2. The summed E-state index contributed by atoms with van der Waals surface area (Å²) in [7, 11) is -1.73. The Bertz CT molecular complexity index is 1150. The zero-order chi connectivity index (χ0) is 21.7. The van der Waals surface area contributed by atoms with Crippen LogP contribution in [0.25, 0.3) is 11.5 Å². The summed E-state index contributed by atoms with van der Waals surface area (Å²) in [5.41, 5.74) is 2.32. The molecule has 31 heavy (non-hydrogen) atoms. The van der Waals surface area contributed by atoms with Gasteiger partial charge in [0.2, 0.25) is 7.29 Å².